The van der Waals surface area contributed by atoms with Crippen molar-refractivity contribution in [3.8, 4) is 11.4 Å². The molecule has 1 atom stereocenters. The number of benzene rings is 2. The zero-order chi connectivity index (χ0) is 22.9. The molecule has 4 aromatic rings. The fraction of sp³-hybridized carbons (Fsp3) is 0.240. The molecule has 1 unspecified atom stereocenters. The minimum Gasteiger partial charge on any atom is -0.494 e. The molecule has 2 aromatic carbocycles. The highest BCUT2D eigenvalue weighted by molar-refractivity contribution is 8.00. The van der Waals surface area contributed by atoms with Crippen molar-refractivity contribution in [3.63, 3.8) is 0 Å². The van der Waals surface area contributed by atoms with Crippen LogP contribution >= 0.6 is 23.1 Å². The summed E-state index contributed by atoms with van der Waals surface area (Å²) in [6.45, 7) is 2.49. The Labute approximate surface area is 199 Å². The molecule has 1 amide bonds. The van der Waals surface area contributed by atoms with E-state index in [0.717, 1.165) is 41.0 Å². The molecule has 0 bridgehead atoms. The maximum atomic E-state index is 13.8. The number of hydrogen-bond acceptors (Lipinski definition) is 6. The molecular weight excluding hydrogens is 454 g/mol. The molecule has 0 saturated heterocycles. The zero-order valence-corrected chi connectivity index (χ0v) is 19.7. The highest BCUT2D eigenvalue weighted by Crippen LogP contribution is 2.39. The van der Waals surface area contributed by atoms with Crippen molar-refractivity contribution >= 4 is 39.2 Å². The summed E-state index contributed by atoms with van der Waals surface area (Å²) in [4.78, 5) is 33.1. The molecule has 0 aliphatic heterocycles. The van der Waals surface area contributed by atoms with E-state index < -0.39 is 11.2 Å². The minimum absolute atomic E-state index is 0.109. The number of aromatic nitrogens is 2. The van der Waals surface area contributed by atoms with Gasteiger partial charge in [0.25, 0.3) is 5.56 Å². The van der Waals surface area contributed by atoms with Gasteiger partial charge in [0.05, 0.1) is 17.7 Å². The quantitative estimate of drug-likeness (QED) is 0.309. The largest absolute Gasteiger partial charge is 0.494 e. The molecular formula is C25H23N3O3S2. The van der Waals surface area contributed by atoms with E-state index in [-0.39, 0.29) is 5.56 Å². The van der Waals surface area contributed by atoms with Gasteiger partial charge >= 0.3 is 0 Å². The molecule has 6 nitrogen and oxygen atoms in total. The van der Waals surface area contributed by atoms with Crippen molar-refractivity contribution in [2.45, 2.75) is 36.6 Å². The summed E-state index contributed by atoms with van der Waals surface area (Å²) in [6, 6.07) is 16.7. The Balaban J connectivity index is 1.69. The van der Waals surface area contributed by atoms with Crippen LogP contribution < -0.4 is 16.0 Å². The monoisotopic (exact) mass is 477 g/mol. The molecule has 168 valence electrons. The smallest absolute Gasteiger partial charge is 0.267 e. The topological polar surface area (TPSA) is 87.2 Å². The minimum atomic E-state index is -0.670. The molecule has 0 fully saturated rings. The number of thiophene rings is 1. The SMILES string of the molecule is CCOc1ccc(-n2c(SC(C(N)=O)c3ccccc3)nc3sc4c(c3c2=O)CCC4)cc1. The molecule has 1 aliphatic carbocycles. The number of thioether (sulfide) groups is 1. The number of amides is 1. The van der Waals surface area contributed by atoms with Crippen LogP contribution in [0, 0.1) is 0 Å². The lowest BCUT2D eigenvalue weighted by Crippen LogP contribution is -2.24. The summed E-state index contributed by atoms with van der Waals surface area (Å²) in [7, 11) is 0. The number of fused-ring (bicyclic) bond motifs is 3. The average Bonchev–Trinajstić information content (AvgIpc) is 3.40. The van der Waals surface area contributed by atoms with Crippen LogP contribution in [-0.2, 0) is 17.6 Å². The van der Waals surface area contributed by atoms with Crippen LogP contribution in [0.5, 0.6) is 5.75 Å². The lowest BCUT2D eigenvalue weighted by molar-refractivity contribution is -0.117. The van der Waals surface area contributed by atoms with Crippen molar-refractivity contribution in [2.24, 2.45) is 5.73 Å². The molecule has 8 heteroatoms. The highest BCUT2D eigenvalue weighted by atomic mass is 32.2. The highest BCUT2D eigenvalue weighted by Gasteiger charge is 2.27. The summed E-state index contributed by atoms with van der Waals surface area (Å²) >= 11 is 2.79. The van der Waals surface area contributed by atoms with Gasteiger partial charge in [-0.25, -0.2) is 4.98 Å². The second kappa shape index (κ2) is 9.03. The van der Waals surface area contributed by atoms with Gasteiger partial charge in [0.1, 0.15) is 15.8 Å². The first kappa shape index (κ1) is 21.7. The molecule has 2 aromatic heterocycles. The van der Waals surface area contributed by atoms with Crippen LogP contribution in [0.15, 0.2) is 64.5 Å². The molecule has 0 radical (unpaired) electrons. The molecule has 1 aliphatic rings. The lowest BCUT2D eigenvalue weighted by atomic mass is 10.1. The Bertz CT molecular complexity index is 1380. The van der Waals surface area contributed by atoms with Crippen molar-refractivity contribution in [1.82, 2.24) is 9.55 Å². The maximum absolute atomic E-state index is 13.8. The van der Waals surface area contributed by atoms with E-state index in [4.69, 9.17) is 15.5 Å². The number of carbonyl (C=O) groups is 1. The number of carbonyl (C=O) groups excluding carboxylic acids is 1. The average molecular weight is 478 g/mol. The van der Waals surface area contributed by atoms with Gasteiger partial charge in [0.15, 0.2) is 5.16 Å². The second-order valence-corrected chi connectivity index (χ2v) is 9.97. The van der Waals surface area contributed by atoms with Crippen LogP contribution in [0.3, 0.4) is 0 Å². The van der Waals surface area contributed by atoms with Crippen LogP contribution in [0.2, 0.25) is 0 Å². The Hall–Kier alpha value is -3.10. The van der Waals surface area contributed by atoms with Gasteiger partial charge in [0.2, 0.25) is 5.91 Å². The number of ether oxygens (including phenoxy) is 1. The van der Waals surface area contributed by atoms with E-state index in [2.05, 4.69) is 0 Å². The van der Waals surface area contributed by atoms with Crippen molar-refractivity contribution in [2.75, 3.05) is 6.61 Å². The zero-order valence-electron chi connectivity index (χ0n) is 18.1. The third-order valence-electron chi connectivity index (χ3n) is 5.70. The number of primary amides is 1. The van der Waals surface area contributed by atoms with Gasteiger partial charge in [0, 0.05) is 4.88 Å². The summed E-state index contributed by atoms with van der Waals surface area (Å²) in [6.07, 6.45) is 2.94. The Morgan fingerprint density at radius 3 is 2.64 bits per heavy atom. The van der Waals surface area contributed by atoms with Crippen molar-refractivity contribution < 1.29 is 9.53 Å². The van der Waals surface area contributed by atoms with Gasteiger partial charge in [-0.3, -0.25) is 14.2 Å². The van der Waals surface area contributed by atoms with Gasteiger partial charge in [-0.1, -0.05) is 42.1 Å². The second-order valence-electron chi connectivity index (χ2n) is 7.81. The van der Waals surface area contributed by atoms with Crippen LogP contribution in [0.1, 0.15) is 34.6 Å². The van der Waals surface area contributed by atoms with Gasteiger partial charge in [-0.2, -0.15) is 0 Å². The lowest BCUT2D eigenvalue weighted by Gasteiger charge is -2.17. The van der Waals surface area contributed by atoms with Gasteiger partial charge in [-0.05, 0) is 61.6 Å². The normalized spacial score (nSPS) is 13.7. The van der Waals surface area contributed by atoms with Crippen molar-refractivity contribution in [3.05, 3.63) is 81.0 Å². The van der Waals surface area contributed by atoms with Crippen LogP contribution in [-0.4, -0.2) is 22.1 Å². The van der Waals surface area contributed by atoms with E-state index in [1.54, 1.807) is 15.9 Å². The Kier molecular flexibility index (Phi) is 5.95. The van der Waals surface area contributed by atoms with Gasteiger partial charge < -0.3 is 10.5 Å². The molecule has 33 heavy (non-hydrogen) atoms. The van der Waals surface area contributed by atoms with Crippen LogP contribution in [0.25, 0.3) is 15.9 Å². The number of hydrogen-bond donors (Lipinski definition) is 1. The molecule has 2 heterocycles. The Morgan fingerprint density at radius 1 is 1.18 bits per heavy atom. The number of aryl methyl sites for hydroxylation is 2. The molecule has 5 rings (SSSR count). The number of nitrogens with two attached hydrogens (primary N) is 1. The molecule has 2 N–H and O–H groups in total. The maximum Gasteiger partial charge on any atom is 0.267 e. The summed E-state index contributed by atoms with van der Waals surface area (Å²) in [5, 5.41) is 0.474. The standard InChI is InChI=1S/C25H23N3O3S2/c1-2-31-17-13-11-16(12-14-17)28-24(30)20-18-9-6-10-19(18)32-23(20)27-25(28)33-21(22(26)29)15-7-4-3-5-8-15/h3-5,7-8,11-14,21H,2,6,9-10H2,1H3,(H2,26,29). The first-order valence-corrected chi connectivity index (χ1v) is 12.6. The first-order chi connectivity index (χ1) is 16.1. The first-order valence-electron chi connectivity index (χ1n) is 10.9. The van der Waals surface area contributed by atoms with Gasteiger partial charge in [-0.15, -0.1) is 11.3 Å². The fourth-order valence-electron chi connectivity index (χ4n) is 4.21. The van der Waals surface area contributed by atoms with E-state index in [0.29, 0.717) is 22.8 Å². The fourth-order valence-corrected chi connectivity index (χ4v) is 6.58. The van der Waals surface area contributed by atoms with E-state index in [9.17, 15) is 9.59 Å². The Morgan fingerprint density at radius 2 is 1.94 bits per heavy atom. The van der Waals surface area contributed by atoms with E-state index in [1.165, 1.54) is 16.6 Å². The van der Waals surface area contributed by atoms with Crippen molar-refractivity contribution in [1.29, 1.82) is 0 Å². The van der Waals surface area contributed by atoms with E-state index >= 15 is 0 Å². The number of nitrogens with zero attached hydrogens (tertiary/aromatic N) is 2. The molecule has 0 saturated carbocycles. The number of rotatable bonds is 7. The predicted molar refractivity (Wildman–Crippen MR) is 133 cm³/mol. The summed E-state index contributed by atoms with van der Waals surface area (Å²) < 4.78 is 7.17. The van der Waals surface area contributed by atoms with E-state index in [1.807, 2.05) is 61.5 Å². The predicted octanol–water partition coefficient (Wildman–Crippen LogP) is 4.65. The third kappa shape index (κ3) is 4.05. The third-order valence-corrected chi connectivity index (χ3v) is 8.11. The summed E-state index contributed by atoms with van der Waals surface area (Å²) in [5.74, 6) is 0.251. The molecule has 0 spiro atoms. The van der Waals surface area contributed by atoms with Crippen LogP contribution in [0.4, 0.5) is 0 Å². The summed E-state index contributed by atoms with van der Waals surface area (Å²) in [5.41, 5.74) is 8.24.